The molecular weight excluding hydrogens is 510 g/mol. The molecule has 0 radical (unpaired) electrons. The standard InChI is InChI=1S/C24H31N7O4S.CH4O/c1-14-20(26)24(12-34-14)4-7-30(8-5-24)22-23(35-13-32)29-18(10-27-22)36-16-9-17(25)28-21-19(16)33-11-15-3-2-6-31(15)21;1-2/h9-10,13-15,20H,2-8,11-12,26H2,1H3,(H2,25,28);2H,1H3/t14-,15-,20+;/m0./s1. The number of rotatable bonds is 5. The molecule has 6 rings (SSSR count). The van der Waals surface area contributed by atoms with Gasteiger partial charge < -0.3 is 40.6 Å². The van der Waals surface area contributed by atoms with Gasteiger partial charge in [0.15, 0.2) is 17.4 Å². The van der Waals surface area contributed by atoms with Crippen LogP contribution in [0.25, 0.3) is 0 Å². The third-order valence-electron chi connectivity index (χ3n) is 7.99. The van der Waals surface area contributed by atoms with Crippen LogP contribution in [0.15, 0.2) is 22.2 Å². The molecule has 0 aliphatic carbocycles. The molecule has 0 saturated carbocycles. The van der Waals surface area contributed by atoms with Crippen LogP contribution in [-0.4, -0.2) is 84.7 Å². The predicted octanol–water partition coefficient (Wildman–Crippen LogP) is 1.44. The van der Waals surface area contributed by atoms with Crippen LogP contribution in [0, 0.1) is 5.41 Å². The van der Waals surface area contributed by atoms with E-state index in [1.807, 2.05) is 6.92 Å². The summed E-state index contributed by atoms with van der Waals surface area (Å²) in [5.41, 5.74) is 12.6. The quantitative estimate of drug-likeness (QED) is 0.463. The van der Waals surface area contributed by atoms with Crippen LogP contribution in [0.2, 0.25) is 0 Å². The van der Waals surface area contributed by atoms with Crippen LogP contribution < -0.4 is 30.7 Å². The lowest BCUT2D eigenvalue weighted by Crippen LogP contribution is -2.50. The molecule has 3 saturated heterocycles. The molecule has 4 aliphatic heterocycles. The minimum absolute atomic E-state index is 0.0144. The highest BCUT2D eigenvalue weighted by atomic mass is 32.2. The molecule has 0 unspecified atom stereocenters. The van der Waals surface area contributed by atoms with Gasteiger partial charge in [0.1, 0.15) is 17.5 Å². The summed E-state index contributed by atoms with van der Waals surface area (Å²) in [5.74, 6) is 2.65. The van der Waals surface area contributed by atoms with Gasteiger partial charge in [0.05, 0.1) is 29.8 Å². The smallest absolute Gasteiger partial charge is 0.299 e. The molecule has 206 valence electrons. The van der Waals surface area contributed by atoms with E-state index in [1.165, 1.54) is 11.8 Å². The molecule has 2 aromatic heterocycles. The number of nitrogens with two attached hydrogens (primary N) is 2. The first-order valence-corrected chi connectivity index (χ1v) is 13.7. The number of hydrogen-bond donors (Lipinski definition) is 3. The summed E-state index contributed by atoms with van der Waals surface area (Å²) in [6.07, 6.45) is 5.73. The van der Waals surface area contributed by atoms with Gasteiger partial charge >= 0.3 is 0 Å². The molecule has 1 spiro atoms. The normalized spacial score (nSPS) is 25.2. The fourth-order valence-corrected chi connectivity index (χ4v) is 6.76. The van der Waals surface area contributed by atoms with Crippen molar-refractivity contribution >= 4 is 35.7 Å². The van der Waals surface area contributed by atoms with Gasteiger partial charge in [-0.2, -0.15) is 0 Å². The van der Waals surface area contributed by atoms with Gasteiger partial charge in [-0.05, 0) is 38.7 Å². The Morgan fingerprint density at radius 1 is 1.24 bits per heavy atom. The number of anilines is 3. The Morgan fingerprint density at radius 3 is 2.74 bits per heavy atom. The highest BCUT2D eigenvalue weighted by molar-refractivity contribution is 7.99. The molecule has 38 heavy (non-hydrogen) atoms. The number of carbonyl (C=O) groups is 1. The zero-order valence-electron chi connectivity index (χ0n) is 21.7. The zero-order chi connectivity index (χ0) is 26.9. The van der Waals surface area contributed by atoms with Crippen molar-refractivity contribution in [1.29, 1.82) is 0 Å². The van der Waals surface area contributed by atoms with Crippen LogP contribution in [-0.2, 0) is 9.53 Å². The van der Waals surface area contributed by atoms with E-state index in [9.17, 15) is 4.79 Å². The topological polar surface area (TPSA) is 162 Å². The molecule has 12 nitrogen and oxygen atoms in total. The van der Waals surface area contributed by atoms with Crippen molar-refractivity contribution in [3.8, 4) is 11.6 Å². The molecule has 6 heterocycles. The van der Waals surface area contributed by atoms with Gasteiger partial charge in [0.25, 0.3) is 12.4 Å². The molecule has 4 aliphatic rings. The third kappa shape index (κ3) is 4.83. The second-order valence-corrected chi connectivity index (χ2v) is 11.1. The van der Waals surface area contributed by atoms with Crippen LogP contribution in [0.3, 0.4) is 0 Å². The van der Waals surface area contributed by atoms with Crippen molar-refractivity contribution in [3.63, 3.8) is 0 Å². The highest BCUT2D eigenvalue weighted by Gasteiger charge is 2.48. The molecule has 0 amide bonds. The maximum atomic E-state index is 11.3. The van der Waals surface area contributed by atoms with Gasteiger partial charge in [-0.15, -0.1) is 0 Å². The Bertz CT molecular complexity index is 1160. The number of aliphatic hydroxyl groups is 1. The fourth-order valence-electron chi connectivity index (χ4n) is 5.88. The SMILES string of the molecule is CO.C[C@@H]1OCC2(CCN(c3ncc(Sc4cc(N)nc5c4OC[C@@H]4CCCN54)nc3OC=O)CC2)[C@@H]1N. The number of aromatic nitrogens is 3. The van der Waals surface area contributed by atoms with Crippen molar-refractivity contribution in [2.24, 2.45) is 11.1 Å². The number of nitrogens with zero attached hydrogens (tertiary/aromatic N) is 5. The Labute approximate surface area is 226 Å². The highest BCUT2D eigenvalue weighted by Crippen LogP contribution is 2.46. The van der Waals surface area contributed by atoms with E-state index in [1.54, 1.807) is 12.3 Å². The average Bonchev–Trinajstić information content (AvgIpc) is 3.52. The summed E-state index contributed by atoms with van der Waals surface area (Å²) in [6.45, 7) is 6.14. The lowest BCUT2D eigenvalue weighted by molar-refractivity contribution is -0.120. The number of nitrogen functional groups attached to an aromatic ring is 1. The van der Waals surface area contributed by atoms with Crippen LogP contribution in [0.5, 0.6) is 11.6 Å². The number of hydrogen-bond acceptors (Lipinski definition) is 13. The van der Waals surface area contributed by atoms with Gasteiger partial charge in [0.2, 0.25) is 0 Å². The molecular formula is C25H35N7O5S. The van der Waals surface area contributed by atoms with Gasteiger partial charge in [-0.1, -0.05) is 11.8 Å². The predicted molar refractivity (Wildman–Crippen MR) is 143 cm³/mol. The Balaban J connectivity index is 0.00000144. The number of ether oxygens (including phenoxy) is 3. The average molecular weight is 546 g/mol. The molecule has 3 fully saturated rings. The van der Waals surface area contributed by atoms with Gasteiger partial charge in [-0.3, -0.25) is 4.79 Å². The third-order valence-corrected chi connectivity index (χ3v) is 8.92. The number of carbonyl (C=O) groups excluding carboxylic acids is 1. The second-order valence-electron chi connectivity index (χ2n) is 10.0. The van der Waals surface area contributed by atoms with Crippen molar-refractivity contribution < 1.29 is 24.1 Å². The summed E-state index contributed by atoms with van der Waals surface area (Å²) in [4.78, 5) is 30.3. The zero-order valence-corrected chi connectivity index (χ0v) is 22.5. The van der Waals surface area contributed by atoms with E-state index >= 15 is 0 Å². The maximum Gasteiger partial charge on any atom is 0.299 e. The maximum absolute atomic E-state index is 11.3. The number of pyridine rings is 1. The van der Waals surface area contributed by atoms with Crippen LogP contribution >= 0.6 is 11.8 Å². The van der Waals surface area contributed by atoms with E-state index in [-0.39, 0.29) is 23.4 Å². The monoisotopic (exact) mass is 545 g/mol. The minimum atomic E-state index is -0.0144. The fraction of sp³-hybridized carbons (Fsp3) is 0.600. The van der Waals surface area contributed by atoms with E-state index in [2.05, 4.69) is 24.8 Å². The van der Waals surface area contributed by atoms with Crippen molar-refractivity contribution in [1.82, 2.24) is 15.0 Å². The first-order valence-electron chi connectivity index (χ1n) is 12.9. The van der Waals surface area contributed by atoms with E-state index in [0.29, 0.717) is 48.1 Å². The summed E-state index contributed by atoms with van der Waals surface area (Å²) in [6, 6.07) is 2.15. The number of fused-ring (bicyclic) bond motifs is 3. The van der Waals surface area contributed by atoms with E-state index in [0.717, 1.165) is 63.1 Å². The Kier molecular flexibility index (Phi) is 7.80. The van der Waals surface area contributed by atoms with E-state index < -0.39 is 0 Å². The molecule has 2 aromatic rings. The molecule has 3 atom stereocenters. The summed E-state index contributed by atoms with van der Waals surface area (Å²) in [5, 5.41) is 7.57. The molecule has 0 aromatic carbocycles. The lowest BCUT2D eigenvalue weighted by Gasteiger charge is -2.41. The van der Waals surface area contributed by atoms with Gasteiger partial charge in [0, 0.05) is 38.2 Å². The number of aliphatic hydroxyl groups excluding tert-OH is 1. The number of piperidine rings is 1. The summed E-state index contributed by atoms with van der Waals surface area (Å²) < 4.78 is 17.2. The van der Waals surface area contributed by atoms with E-state index in [4.69, 9.17) is 30.8 Å². The Morgan fingerprint density at radius 2 is 2.03 bits per heavy atom. The summed E-state index contributed by atoms with van der Waals surface area (Å²) in [7, 11) is 1.00. The van der Waals surface area contributed by atoms with Crippen molar-refractivity contribution in [2.45, 2.75) is 60.7 Å². The second kappa shape index (κ2) is 11.1. The first kappa shape index (κ1) is 26.7. The van der Waals surface area contributed by atoms with Crippen LogP contribution in [0.4, 0.5) is 17.5 Å². The lowest BCUT2D eigenvalue weighted by atomic mass is 9.73. The minimum Gasteiger partial charge on any atom is -0.486 e. The molecule has 5 N–H and O–H groups in total. The van der Waals surface area contributed by atoms with Crippen LogP contribution in [0.1, 0.15) is 32.6 Å². The van der Waals surface area contributed by atoms with Crippen molar-refractivity contribution in [3.05, 3.63) is 12.3 Å². The van der Waals surface area contributed by atoms with Crippen molar-refractivity contribution in [2.75, 3.05) is 55.5 Å². The van der Waals surface area contributed by atoms with Gasteiger partial charge in [-0.25, -0.2) is 15.0 Å². The molecule has 0 bridgehead atoms. The molecule has 13 heteroatoms. The first-order chi connectivity index (χ1) is 18.5. The Hall–Kier alpha value is -2.87. The largest absolute Gasteiger partial charge is 0.486 e. The summed E-state index contributed by atoms with van der Waals surface area (Å²) >= 11 is 1.37.